The fraction of sp³-hybridized carbons (Fsp3) is 0.733. The summed E-state index contributed by atoms with van der Waals surface area (Å²) in [6.45, 7) is 4.34. The molecule has 0 rings (SSSR count). The van der Waals surface area contributed by atoms with Gasteiger partial charge in [0.1, 0.15) is 6.10 Å². The second-order valence-electron chi connectivity index (χ2n) is 9.25. The molecule has 0 spiro atoms. The van der Waals surface area contributed by atoms with Crippen molar-refractivity contribution in [2.45, 2.75) is 142 Å². The van der Waals surface area contributed by atoms with Crippen molar-refractivity contribution in [2.75, 3.05) is 0 Å². The number of rotatable bonds is 24. The van der Waals surface area contributed by atoms with Crippen molar-refractivity contribution >= 4 is 11.9 Å². The lowest BCUT2D eigenvalue weighted by atomic mass is 10.1. The van der Waals surface area contributed by atoms with E-state index in [1.165, 1.54) is 44.9 Å². The quantitative estimate of drug-likeness (QED) is 0.0857. The molecule has 1 atom stereocenters. The molecule has 0 aromatic carbocycles. The molecule has 1 unspecified atom stereocenters. The fourth-order valence-corrected chi connectivity index (χ4v) is 3.79. The molecule has 0 aliphatic heterocycles. The van der Waals surface area contributed by atoms with Crippen LogP contribution in [0.15, 0.2) is 36.5 Å². The van der Waals surface area contributed by atoms with Gasteiger partial charge in [0, 0.05) is 6.42 Å². The number of carboxylic acid groups (broad SMARTS) is 1. The largest absolute Gasteiger partial charge is 0.481 e. The second kappa shape index (κ2) is 25.8. The SMILES string of the molecule is CCCCC/C=C\C/C=C\C/C=C\CCCCCCCCC(=O)OC(CCCCC)CC(=O)O. The van der Waals surface area contributed by atoms with Crippen LogP contribution in [0.2, 0.25) is 0 Å². The smallest absolute Gasteiger partial charge is 0.307 e. The Morgan fingerprint density at radius 1 is 0.676 bits per heavy atom. The van der Waals surface area contributed by atoms with Crippen LogP contribution in [-0.4, -0.2) is 23.1 Å². The lowest BCUT2D eigenvalue weighted by Crippen LogP contribution is -2.21. The van der Waals surface area contributed by atoms with Crippen molar-refractivity contribution in [3.63, 3.8) is 0 Å². The lowest BCUT2D eigenvalue weighted by Gasteiger charge is -2.16. The molecule has 0 aliphatic rings. The zero-order valence-electron chi connectivity index (χ0n) is 22.1. The summed E-state index contributed by atoms with van der Waals surface area (Å²) in [4.78, 5) is 23.0. The van der Waals surface area contributed by atoms with Crippen LogP contribution in [0.25, 0.3) is 0 Å². The van der Waals surface area contributed by atoms with Crippen LogP contribution < -0.4 is 0 Å². The Balaban J connectivity index is 3.60. The van der Waals surface area contributed by atoms with E-state index in [1.54, 1.807) is 0 Å². The van der Waals surface area contributed by atoms with E-state index in [-0.39, 0.29) is 12.4 Å². The highest BCUT2D eigenvalue weighted by Gasteiger charge is 2.17. The Hall–Kier alpha value is -1.84. The van der Waals surface area contributed by atoms with Gasteiger partial charge in [-0.25, -0.2) is 0 Å². The third-order valence-electron chi connectivity index (χ3n) is 5.85. The summed E-state index contributed by atoms with van der Waals surface area (Å²) in [5, 5.41) is 9.00. The first kappa shape index (κ1) is 32.2. The Bertz CT molecular complexity index is 562. The highest BCUT2D eigenvalue weighted by atomic mass is 16.5. The van der Waals surface area contributed by atoms with Gasteiger partial charge >= 0.3 is 11.9 Å². The highest BCUT2D eigenvalue weighted by Crippen LogP contribution is 2.14. The van der Waals surface area contributed by atoms with Crippen LogP contribution in [0.4, 0.5) is 0 Å². The van der Waals surface area contributed by atoms with E-state index in [1.807, 2.05) is 0 Å². The molecule has 34 heavy (non-hydrogen) atoms. The molecule has 0 aliphatic carbocycles. The molecule has 0 radical (unpaired) electrons. The molecule has 0 heterocycles. The van der Waals surface area contributed by atoms with Crippen LogP contribution in [0.1, 0.15) is 136 Å². The minimum absolute atomic E-state index is 0.0866. The third-order valence-corrected chi connectivity index (χ3v) is 5.85. The first-order valence-electron chi connectivity index (χ1n) is 14.0. The maximum absolute atomic E-state index is 12.0. The summed E-state index contributed by atoms with van der Waals surface area (Å²) in [5.74, 6) is -1.15. The number of esters is 1. The summed E-state index contributed by atoms with van der Waals surface area (Å²) in [7, 11) is 0. The fourth-order valence-electron chi connectivity index (χ4n) is 3.79. The molecule has 0 aromatic rings. The topological polar surface area (TPSA) is 63.6 Å². The zero-order valence-corrected chi connectivity index (χ0v) is 22.1. The monoisotopic (exact) mass is 476 g/mol. The van der Waals surface area contributed by atoms with Crippen molar-refractivity contribution < 1.29 is 19.4 Å². The van der Waals surface area contributed by atoms with E-state index in [2.05, 4.69) is 50.3 Å². The number of ether oxygens (including phenoxy) is 1. The van der Waals surface area contributed by atoms with Crippen LogP contribution in [0.5, 0.6) is 0 Å². The van der Waals surface area contributed by atoms with Gasteiger partial charge < -0.3 is 9.84 Å². The number of carbonyl (C=O) groups is 2. The number of carboxylic acids is 1. The number of hydrogen-bond donors (Lipinski definition) is 1. The molecule has 0 bridgehead atoms. The average Bonchev–Trinajstić information content (AvgIpc) is 2.80. The predicted molar refractivity (Wildman–Crippen MR) is 144 cm³/mol. The summed E-state index contributed by atoms with van der Waals surface area (Å²) in [6.07, 6.45) is 32.1. The summed E-state index contributed by atoms with van der Waals surface area (Å²) in [6, 6.07) is 0. The van der Waals surface area contributed by atoms with Crippen molar-refractivity contribution in [3.05, 3.63) is 36.5 Å². The molecule has 4 nitrogen and oxygen atoms in total. The van der Waals surface area contributed by atoms with Crippen LogP contribution >= 0.6 is 0 Å². The third kappa shape index (κ3) is 24.8. The van der Waals surface area contributed by atoms with Crippen molar-refractivity contribution in [3.8, 4) is 0 Å². The molecule has 196 valence electrons. The number of hydrogen-bond acceptors (Lipinski definition) is 3. The first-order valence-corrected chi connectivity index (χ1v) is 14.0. The predicted octanol–water partition coefficient (Wildman–Crippen LogP) is 9.10. The summed E-state index contributed by atoms with van der Waals surface area (Å²) in [5.41, 5.74) is 0. The van der Waals surface area contributed by atoms with Gasteiger partial charge in [0.15, 0.2) is 0 Å². The van der Waals surface area contributed by atoms with Crippen molar-refractivity contribution in [1.82, 2.24) is 0 Å². The second-order valence-corrected chi connectivity index (χ2v) is 9.25. The Morgan fingerprint density at radius 2 is 1.18 bits per heavy atom. The van der Waals surface area contributed by atoms with Gasteiger partial charge in [-0.3, -0.25) is 9.59 Å². The van der Waals surface area contributed by atoms with Gasteiger partial charge in [0.2, 0.25) is 0 Å². The van der Waals surface area contributed by atoms with E-state index < -0.39 is 12.1 Å². The standard InChI is InChI=1S/C30H52O4/c1-3-5-7-8-9-10-11-12-13-14-15-16-17-18-19-20-21-22-24-26-30(33)34-28(27-29(31)32)25-23-6-4-2/h9-10,12-13,15-16,28H,3-8,11,14,17-27H2,1-2H3,(H,31,32)/b10-9-,13-12-,16-15-. The maximum Gasteiger partial charge on any atom is 0.307 e. The van der Waals surface area contributed by atoms with Crippen LogP contribution in [0, 0.1) is 0 Å². The van der Waals surface area contributed by atoms with Crippen molar-refractivity contribution in [2.24, 2.45) is 0 Å². The Morgan fingerprint density at radius 3 is 1.76 bits per heavy atom. The van der Waals surface area contributed by atoms with Crippen LogP contribution in [0.3, 0.4) is 0 Å². The van der Waals surface area contributed by atoms with E-state index in [0.29, 0.717) is 12.8 Å². The lowest BCUT2D eigenvalue weighted by molar-refractivity contribution is -0.153. The molecule has 1 N–H and O–H groups in total. The molecular formula is C30H52O4. The van der Waals surface area contributed by atoms with E-state index in [0.717, 1.165) is 57.8 Å². The normalized spacial score (nSPS) is 12.8. The van der Waals surface area contributed by atoms with Gasteiger partial charge in [-0.2, -0.15) is 0 Å². The van der Waals surface area contributed by atoms with E-state index in [4.69, 9.17) is 9.84 Å². The maximum atomic E-state index is 12.0. The Kier molecular flexibility index (Phi) is 24.4. The van der Waals surface area contributed by atoms with E-state index in [9.17, 15) is 9.59 Å². The van der Waals surface area contributed by atoms with Crippen LogP contribution in [-0.2, 0) is 14.3 Å². The molecule has 0 fully saturated rings. The van der Waals surface area contributed by atoms with Gasteiger partial charge in [0.05, 0.1) is 6.42 Å². The molecule has 0 aromatic heterocycles. The zero-order chi connectivity index (χ0) is 25.1. The summed E-state index contributed by atoms with van der Waals surface area (Å²) >= 11 is 0. The molecule has 0 saturated carbocycles. The molecule has 4 heteroatoms. The number of carbonyl (C=O) groups excluding carboxylic acids is 1. The molecule has 0 amide bonds. The number of allylic oxidation sites excluding steroid dienone is 6. The van der Waals surface area contributed by atoms with Gasteiger partial charge in [-0.05, 0) is 57.8 Å². The summed E-state index contributed by atoms with van der Waals surface area (Å²) < 4.78 is 5.41. The average molecular weight is 477 g/mol. The number of unbranched alkanes of at least 4 members (excludes halogenated alkanes) is 11. The van der Waals surface area contributed by atoms with Crippen molar-refractivity contribution in [1.29, 1.82) is 0 Å². The first-order chi connectivity index (χ1) is 16.6. The van der Waals surface area contributed by atoms with Gasteiger partial charge in [0.25, 0.3) is 0 Å². The van der Waals surface area contributed by atoms with Gasteiger partial charge in [-0.15, -0.1) is 0 Å². The number of aliphatic carboxylic acids is 1. The highest BCUT2D eigenvalue weighted by molar-refractivity contribution is 5.71. The van der Waals surface area contributed by atoms with E-state index >= 15 is 0 Å². The molecular weight excluding hydrogens is 424 g/mol. The molecule has 0 saturated heterocycles. The van der Waals surface area contributed by atoms with Gasteiger partial charge in [-0.1, -0.05) is 102 Å². The minimum Gasteiger partial charge on any atom is -0.481 e. The minimum atomic E-state index is -0.901. The Labute approximate surface area is 209 Å².